The molecule has 6 nitrogen and oxygen atoms in total. The molecule has 1 aromatic heterocycles. The molecule has 3 aromatic rings. The van der Waals surface area contributed by atoms with E-state index in [0.717, 1.165) is 87.8 Å². The van der Waals surface area contributed by atoms with E-state index in [2.05, 4.69) is 15.9 Å². The first-order valence-corrected chi connectivity index (χ1v) is 13.5. The van der Waals surface area contributed by atoms with Crippen LogP contribution in [0.1, 0.15) is 30.4 Å². The van der Waals surface area contributed by atoms with Gasteiger partial charge in [0.25, 0.3) is 0 Å². The number of hydrogen-bond donors (Lipinski definition) is 0. The van der Waals surface area contributed by atoms with E-state index in [4.69, 9.17) is 4.74 Å². The SMILES string of the molecule is COc1cccc(N2CCN(C(=O)CC3CCN(Cc4ccn(-c5ccc(C(F)(F)F)cc5)c4)CC3)CC2)c1. The van der Waals surface area contributed by atoms with Crippen LogP contribution in [0.5, 0.6) is 5.75 Å². The molecule has 0 aliphatic carbocycles. The maximum Gasteiger partial charge on any atom is 0.416 e. The van der Waals surface area contributed by atoms with Gasteiger partial charge in [0.2, 0.25) is 5.91 Å². The predicted molar refractivity (Wildman–Crippen MR) is 145 cm³/mol. The van der Waals surface area contributed by atoms with Crippen LogP contribution in [0.25, 0.3) is 5.69 Å². The number of carbonyl (C=O) groups excluding carboxylic acids is 1. The van der Waals surface area contributed by atoms with Crippen molar-refractivity contribution in [1.82, 2.24) is 14.4 Å². The standard InChI is InChI=1S/C30H35F3N4O2/c1-39-28-4-2-3-27(20-28)35-15-17-36(18-16-35)29(38)19-23-9-12-34(13-10-23)21-24-11-14-37(22-24)26-7-5-25(6-8-26)30(31,32)33/h2-8,11,14,20,22-23H,9-10,12-13,15-19,21H2,1H3. The number of ether oxygens (including phenoxy) is 1. The molecule has 0 unspecified atom stereocenters. The Morgan fingerprint density at radius 1 is 0.923 bits per heavy atom. The molecular formula is C30H35F3N4O2. The van der Waals surface area contributed by atoms with Gasteiger partial charge in [-0.2, -0.15) is 13.2 Å². The van der Waals surface area contributed by atoms with Crippen LogP contribution in [0.3, 0.4) is 0 Å². The Bertz CT molecular complexity index is 1240. The first-order chi connectivity index (χ1) is 18.8. The van der Waals surface area contributed by atoms with E-state index in [-0.39, 0.29) is 5.91 Å². The average Bonchev–Trinajstić information content (AvgIpc) is 3.42. The quantitative estimate of drug-likeness (QED) is 0.400. The van der Waals surface area contributed by atoms with Gasteiger partial charge in [-0.1, -0.05) is 6.07 Å². The van der Waals surface area contributed by atoms with Gasteiger partial charge in [-0.3, -0.25) is 9.69 Å². The Morgan fingerprint density at radius 3 is 2.31 bits per heavy atom. The van der Waals surface area contributed by atoms with E-state index in [9.17, 15) is 18.0 Å². The average molecular weight is 541 g/mol. The number of benzene rings is 2. The van der Waals surface area contributed by atoms with Gasteiger partial charge in [0.1, 0.15) is 5.75 Å². The zero-order chi connectivity index (χ0) is 27.4. The van der Waals surface area contributed by atoms with Gasteiger partial charge >= 0.3 is 6.18 Å². The summed E-state index contributed by atoms with van der Waals surface area (Å²) in [5.41, 5.74) is 2.31. The number of methoxy groups -OCH3 is 1. The molecule has 0 atom stereocenters. The van der Waals surface area contributed by atoms with Crippen molar-refractivity contribution in [1.29, 1.82) is 0 Å². The first-order valence-electron chi connectivity index (χ1n) is 13.5. The highest BCUT2D eigenvalue weighted by atomic mass is 19.4. The van der Waals surface area contributed by atoms with Crippen molar-refractivity contribution in [2.75, 3.05) is 51.3 Å². The minimum atomic E-state index is -4.33. The molecule has 2 aromatic carbocycles. The van der Waals surface area contributed by atoms with E-state index >= 15 is 0 Å². The van der Waals surface area contributed by atoms with Gasteiger partial charge in [-0.15, -0.1) is 0 Å². The number of halogens is 3. The van der Waals surface area contributed by atoms with E-state index in [1.807, 2.05) is 46.1 Å². The van der Waals surface area contributed by atoms with Crippen LogP contribution >= 0.6 is 0 Å². The van der Waals surface area contributed by atoms with Gasteiger partial charge < -0.3 is 19.1 Å². The van der Waals surface area contributed by atoms with Gasteiger partial charge in [-0.05, 0) is 79.9 Å². The zero-order valence-electron chi connectivity index (χ0n) is 22.2. The van der Waals surface area contributed by atoms with E-state index in [1.54, 1.807) is 7.11 Å². The van der Waals surface area contributed by atoms with Gasteiger partial charge in [0.05, 0.1) is 12.7 Å². The summed E-state index contributed by atoms with van der Waals surface area (Å²) < 4.78 is 45.7. The number of anilines is 1. The Kier molecular flexibility index (Phi) is 8.16. The number of piperazine rings is 1. The summed E-state index contributed by atoms with van der Waals surface area (Å²) in [4.78, 5) is 19.7. The maximum absolute atomic E-state index is 13.0. The number of hydrogen-bond acceptors (Lipinski definition) is 4. The minimum absolute atomic E-state index is 0.257. The van der Waals surface area contributed by atoms with Crippen molar-refractivity contribution in [3.05, 3.63) is 78.1 Å². The van der Waals surface area contributed by atoms with Crippen molar-refractivity contribution in [2.24, 2.45) is 5.92 Å². The molecule has 39 heavy (non-hydrogen) atoms. The lowest BCUT2D eigenvalue weighted by molar-refractivity contribution is -0.137. The van der Waals surface area contributed by atoms with Crippen molar-refractivity contribution in [3.8, 4) is 11.4 Å². The van der Waals surface area contributed by atoms with Crippen molar-refractivity contribution >= 4 is 11.6 Å². The molecule has 5 rings (SSSR count). The first kappa shape index (κ1) is 27.1. The second-order valence-corrected chi connectivity index (χ2v) is 10.5. The lowest BCUT2D eigenvalue weighted by Crippen LogP contribution is -2.49. The number of nitrogens with zero attached hydrogens (tertiary/aromatic N) is 4. The highest BCUT2D eigenvalue weighted by Gasteiger charge is 2.30. The van der Waals surface area contributed by atoms with Crippen LogP contribution in [-0.2, 0) is 17.5 Å². The van der Waals surface area contributed by atoms with Crippen molar-refractivity contribution in [2.45, 2.75) is 32.0 Å². The third-order valence-corrected chi connectivity index (χ3v) is 7.87. The molecule has 9 heteroatoms. The summed E-state index contributed by atoms with van der Waals surface area (Å²) in [6.07, 6.45) is 2.13. The summed E-state index contributed by atoms with van der Waals surface area (Å²) in [5.74, 6) is 1.50. The molecule has 0 bridgehead atoms. The maximum atomic E-state index is 13.0. The Labute approximate surface area is 227 Å². The van der Waals surface area contributed by atoms with Crippen LogP contribution in [0.15, 0.2) is 67.0 Å². The Morgan fingerprint density at radius 2 is 1.64 bits per heavy atom. The third kappa shape index (κ3) is 6.76. The minimum Gasteiger partial charge on any atom is -0.497 e. The molecule has 208 valence electrons. The van der Waals surface area contributed by atoms with Crippen molar-refractivity contribution in [3.63, 3.8) is 0 Å². The molecule has 2 fully saturated rings. The molecule has 1 amide bonds. The Balaban J connectivity index is 1.05. The van der Waals surface area contributed by atoms with Crippen LogP contribution in [0, 0.1) is 5.92 Å². The van der Waals surface area contributed by atoms with Gasteiger partial charge in [0.15, 0.2) is 0 Å². The number of alkyl halides is 3. The van der Waals surface area contributed by atoms with E-state index < -0.39 is 11.7 Å². The molecule has 2 aliphatic rings. The summed E-state index contributed by atoms with van der Waals surface area (Å²) in [7, 11) is 1.67. The predicted octanol–water partition coefficient (Wildman–Crippen LogP) is 5.46. The monoisotopic (exact) mass is 540 g/mol. The fraction of sp³-hybridized carbons (Fsp3) is 0.433. The molecule has 3 heterocycles. The van der Waals surface area contributed by atoms with E-state index in [1.165, 1.54) is 12.1 Å². The molecule has 0 N–H and O–H groups in total. The number of carbonyl (C=O) groups is 1. The number of likely N-dealkylation sites (tertiary alicyclic amines) is 1. The third-order valence-electron chi connectivity index (χ3n) is 7.87. The second kappa shape index (κ2) is 11.7. The Hall–Kier alpha value is -3.46. The van der Waals surface area contributed by atoms with Crippen LogP contribution < -0.4 is 9.64 Å². The normalized spacial score (nSPS) is 17.4. The van der Waals surface area contributed by atoms with Gasteiger partial charge in [-0.25, -0.2) is 0 Å². The van der Waals surface area contributed by atoms with Crippen LogP contribution in [0.2, 0.25) is 0 Å². The largest absolute Gasteiger partial charge is 0.497 e. The molecule has 0 radical (unpaired) electrons. The van der Waals surface area contributed by atoms with E-state index in [0.29, 0.717) is 18.0 Å². The number of amides is 1. The second-order valence-electron chi connectivity index (χ2n) is 10.5. The highest BCUT2D eigenvalue weighted by molar-refractivity contribution is 5.76. The van der Waals surface area contributed by atoms with Crippen molar-refractivity contribution < 1.29 is 22.7 Å². The lowest BCUT2D eigenvalue weighted by atomic mass is 9.92. The highest BCUT2D eigenvalue weighted by Crippen LogP contribution is 2.30. The van der Waals surface area contributed by atoms with Crippen LogP contribution in [0.4, 0.5) is 18.9 Å². The fourth-order valence-electron chi connectivity index (χ4n) is 5.52. The number of piperidine rings is 1. The zero-order valence-corrected chi connectivity index (χ0v) is 22.2. The summed E-state index contributed by atoms with van der Waals surface area (Å²) in [6.45, 7) is 5.79. The summed E-state index contributed by atoms with van der Waals surface area (Å²) in [6, 6.07) is 15.3. The lowest BCUT2D eigenvalue weighted by Gasteiger charge is -2.37. The molecule has 0 spiro atoms. The summed E-state index contributed by atoms with van der Waals surface area (Å²) >= 11 is 0. The molecule has 2 saturated heterocycles. The molecule has 2 aliphatic heterocycles. The number of rotatable bonds is 7. The van der Waals surface area contributed by atoms with Gasteiger partial charge in [0, 0.05) is 69.0 Å². The fourth-order valence-corrected chi connectivity index (χ4v) is 5.52. The smallest absolute Gasteiger partial charge is 0.416 e. The number of aromatic nitrogens is 1. The van der Waals surface area contributed by atoms with Crippen LogP contribution in [-0.4, -0.2) is 66.7 Å². The molecule has 0 saturated carbocycles. The molecular weight excluding hydrogens is 505 g/mol. The topological polar surface area (TPSA) is 41.0 Å². The summed E-state index contributed by atoms with van der Waals surface area (Å²) in [5, 5.41) is 0.